The van der Waals surface area contributed by atoms with E-state index in [1.165, 1.54) is 7.05 Å². The molecule has 3 nitrogen and oxygen atoms in total. The fraction of sp³-hybridized carbons (Fsp3) is 0.538. The largest absolute Gasteiger partial charge is 0.493 e. The standard InChI is InChI=1S/C13H18F3NO2/c1-3-19-12-7-5-4-6-10(12)11(18)8-17(2)9-13(14,15)16/h4-7,11,18H,3,8-9H2,1-2H3. The first-order chi connectivity index (χ1) is 8.83. The number of ether oxygens (including phenoxy) is 1. The van der Waals surface area contributed by atoms with E-state index in [4.69, 9.17) is 4.74 Å². The Balaban J connectivity index is 2.69. The number of para-hydroxylation sites is 1. The number of aliphatic hydroxyl groups is 1. The van der Waals surface area contributed by atoms with Crippen LogP contribution in [0, 0.1) is 0 Å². The first kappa shape index (κ1) is 15.8. The molecule has 0 fully saturated rings. The molecule has 0 spiro atoms. The van der Waals surface area contributed by atoms with Crippen molar-refractivity contribution in [3.8, 4) is 5.75 Å². The Morgan fingerprint density at radius 1 is 1.32 bits per heavy atom. The van der Waals surface area contributed by atoms with E-state index >= 15 is 0 Å². The maximum absolute atomic E-state index is 12.2. The molecule has 1 rings (SSSR count). The first-order valence-electron chi connectivity index (χ1n) is 5.98. The van der Waals surface area contributed by atoms with Crippen LogP contribution in [0.15, 0.2) is 24.3 Å². The van der Waals surface area contributed by atoms with Gasteiger partial charge in [0, 0.05) is 12.1 Å². The van der Waals surface area contributed by atoms with Gasteiger partial charge in [0.05, 0.1) is 19.3 Å². The first-order valence-corrected chi connectivity index (χ1v) is 5.98. The van der Waals surface area contributed by atoms with Gasteiger partial charge in [0.25, 0.3) is 0 Å². The Kier molecular flexibility index (Phi) is 5.62. The minimum absolute atomic E-state index is 0.108. The number of rotatable bonds is 6. The van der Waals surface area contributed by atoms with Gasteiger partial charge in [0.2, 0.25) is 0 Å². The van der Waals surface area contributed by atoms with E-state index < -0.39 is 18.8 Å². The van der Waals surface area contributed by atoms with E-state index in [-0.39, 0.29) is 6.54 Å². The van der Waals surface area contributed by atoms with Crippen molar-refractivity contribution in [2.75, 3.05) is 26.7 Å². The van der Waals surface area contributed by atoms with Gasteiger partial charge in [-0.2, -0.15) is 13.2 Å². The molecule has 0 aliphatic heterocycles. The third kappa shape index (κ3) is 5.48. The molecular formula is C13H18F3NO2. The Morgan fingerprint density at radius 2 is 1.95 bits per heavy atom. The van der Waals surface area contributed by atoms with E-state index in [9.17, 15) is 18.3 Å². The molecule has 0 amide bonds. The number of alkyl halides is 3. The van der Waals surface area contributed by atoms with Crippen LogP contribution in [0.1, 0.15) is 18.6 Å². The van der Waals surface area contributed by atoms with Crippen LogP contribution in [0.4, 0.5) is 13.2 Å². The third-order valence-electron chi connectivity index (χ3n) is 2.51. The summed E-state index contributed by atoms with van der Waals surface area (Å²) in [6.45, 7) is 1.07. The van der Waals surface area contributed by atoms with E-state index in [0.29, 0.717) is 17.9 Å². The molecule has 0 aromatic heterocycles. The number of hydrogen-bond acceptors (Lipinski definition) is 3. The molecule has 0 saturated carbocycles. The molecule has 0 bridgehead atoms. The van der Waals surface area contributed by atoms with Crippen LogP contribution in [-0.4, -0.2) is 42.9 Å². The van der Waals surface area contributed by atoms with Gasteiger partial charge >= 0.3 is 6.18 Å². The average Bonchev–Trinajstić information content (AvgIpc) is 2.27. The molecule has 0 heterocycles. The fourth-order valence-electron chi connectivity index (χ4n) is 1.81. The van der Waals surface area contributed by atoms with Crippen LogP contribution in [0.3, 0.4) is 0 Å². The quantitative estimate of drug-likeness (QED) is 0.867. The number of aliphatic hydroxyl groups excluding tert-OH is 1. The van der Waals surface area contributed by atoms with Gasteiger partial charge in [-0.1, -0.05) is 18.2 Å². The summed E-state index contributed by atoms with van der Waals surface area (Å²) in [7, 11) is 1.32. The van der Waals surface area contributed by atoms with E-state index in [2.05, 4.69) is 0 Å². The second kappa shape index (κ2) is 6.77. The minimum atomic E-state index is -4.27. The van der Waals surface area contributed by atoms with Crippen LogP contribution in [-0.2, 0) is 0 Å². The topological polar surface area (TPSA) is 32.7 Å². The highest BCUT2D eigenvalue weighted by molar-refractivity contribution is 5.35. The highest BCUT2D eigenvalue weighted by atomic mass is 19.4. The number of hydrogen-bond donors (Lipinski definition) is 1. The zero-order chi connectivity index (χ0) is 14.5. The summed E-state index contributed by atoms with van der Waals surface area (Å²) in [4.78, 5) is 1.04. The average molecular weight is 277 g/mol. The van der Waals surface area contributed by atoms with Crippen molar-refractivity contribution < 1.29 is 23.0 Å². The van der Waals surface area contributed by atoms with Crippen molar-refractivity contribution in [3.05, 3.63) is 29.8 Å². The summed E-state index contributed by atoms with van der Waals surface area (Å²) < 4.78 is 42.0. The summed E-state index contributed by atoms with van der Waals surface area (Å²) in [6, 6.07) is 6.80. The van der Waals surface area contributed by atoms with Crippen LogP contribution >= 0.6 is 0 Å². The number of nitrogens with zero attached hydrogens (tertiary/aromatic N) is 1. The van der Waals surface area contributed by atoms with Gasteiger partial charge in [-0.3, -0.25) is 4.90 Å². The number of benzene rings is 1. The highest BCUT2D eigenvalue weighted by Crippen LogP contribution is 2.26. The third-order valence-corrected chi connectivity index (χ3v) is 2.51. The molecular weight excluding hydrogens is 259 g/mol. The molecule has 0 aliphatic rings. The molecule has 1 aromatic carbocycles. The Labute approximate surface area is 110 Å². The van der Waals surface area contributed by atoms with Crippen LogP contribution in [0.2, 0.25) is 0 Å². The van der Waals surface area contributed by atoms with Crippen molar-refractivity contribution in [2.24, 2.45) is 0 Å². The predicted molar refractivity (Wildman–Crippen MR) is 66.1 cm³/mol. The monoisotopic (exact) mass is 277 g/mol. The zero-order valence-electron chi connectivity index (χ0n) is 10.9. The SMILES string of the molecule is CCOc1ccccc1C(O)CN(C)CC(F)(F)F. The highest BCUT2D eigenvalue weighted by Gasteiger charge is 2.30. The van der Waals surface area contributed by atoms with Crippen molar-refractivity contribution in [1.82, 2.24) is 4.90 Å². The Bertz CT molecular complexity index is 396. The lowest BCUT2D eigenvalue weighted by atomic mass is 10.1. The fourth-order valence-corrected chi connectivity index (χ4v) is 1.81. The molecule has 1 aromatic rings. The smallest absolute Gasteiger partial charge is 0.401 e. The van der Waals surface area contributed by atoms with Crippen molar-refractivity contribution in [3.63, 3.8) is 0 Å². The maximum atomic E-state index is 12.2. The minimum Gasteiger partial charge on any atom is -0.493 e. The lowest BCUT2D eigenvalue weighted by molar-refractivity contribution is -0.145. The molecule has 1 unspecified atom stereocenters. The number of likely N-dealkylation sites (N-methyl/N-ethyl adjacent to an activating group) is 1. The summed E-state index contributed by atoms with van der Waals surface area (Å²) >= 11 is 0. The van der Waals surface area contributed by atoms with Crippen LogP contribution in [0.5, 0.6) is 5.75 Å². The summed E-state index contributed by atoms with van der Waals surface area (Å²) in [5, 5.41) is 10.0. The molecule has 1 atom stereocenters. The van der Waals surface area contributed by atoms with E-state index in [0.717, 1.165) is 4.90 Å². The van der Waals surface area contributed by atoms with Crippen molar-refractivity contribution >= 4 is 0 Å². The second-order valence-corrected chi connectivity index (χ2v) is 4.30. The number of halogens is 3. The van der Waals surface area contributed by atoms with Crippen molar-refractivity contribution in [2.45, 2.75) is 19.2 Å². The normalized spacial score (nSPS) is 13.6. The van der Waals surface area contributed by atoms with Gasteiger partial charge in [0.1, 0.15) is 5.75 Å². The van der Waals surface area contributed by atoms with Crippen molar-refractivity contribution in [1.29, 1.82) is 0 Å². The molecule has 0 saturated heterocycles. The summed E-state index contributed by atoms with van der Waals surface area (Å²) in [6.07, 6.45) is -5.29. The maximum Gasteiger partial charge on any atom is 0.401 e. The molecule has 19 heavy (non-hydrogen) atoms. The van der Waals surface area contributed by atoms with Crippen LogP contribution in [0.25, 0.3) is 0 Å². The Morgan fingerprint density at radius 3 is 2.53 bits per heavy atom. The van der Waals surface area contributed by atoms with E-state index in [1.54, 1.807) is 31.2 Å². The molecule has 6 heteroatoms. The lowest BCUT2D eigenvalue weighted by Crippen LogP contribution is -2.34. The van der Waals surface area contributed by atoms with Gasteiger partial charge in [0.15, 0.2) is 0 Å². The molecule has 1 N–H and O–H groups in total. The van der Waals surface area contributed by atoms with Gasteiger partial charge < -0.3 is 9.84 Å². The Hall–Kier alpha value is -1.27. The molecule has 108 valence electrons. The lowest BCUT2D eigenvalue weighted by Gasteiger charge is -2.23. The molecule has 0 radical (unpaired) electrons. The molecule has 0 aliphatic carbocycles. The zero-order valence-corrected chi connectivity index (χ0v) is 10.9. The van der Waals surface area contributed by atoms with Gasteiger partial charge in [-0.05, 0) is 20.0 Å². The van der Waals surface area contributed by atoms with E-state index in [1.807, 2.05) is 0 Å². The van der Waals surface area contributed by atoms with Gasteiger partial charge in [-0.25, -0.2) is 0 Å². The van der Waals surface area contributed by atoms with Crippen LogP contribution < -0.4 is 4.74 Å². The summed E-state index contributed by atoms with van der Waals surface area (Å²) in [5.74, 6) is 0.498. The second-order valence-electron chi connectivity index (χ2n) is 4.30. The van der Waals surface area contributed by atoms with Gasteiger partial charge in [-0.15, -0.1) is 0 Å². The summed E-state index contributed by atoms with van der Waals surface area (Å²) in [5.41, 5.74) is 0.498. The predicted octanol–water partition coefficient (Wildman–Crippen LogP) is 2.61.